The van der Waals surface area contributed by atoms with Crippen molar-refractivity contribution in [1.82, 2.24) is 0 Å². The Labute approximate surface area is 111 Å². The van der Waals surface area contributed by atoms with Crippen LogP contribution < -0.4 is 0 Å². The van der Waals surface area contributed by atoms with Crippen molar-refractivity contribution < 1.29 is 15.0 Å². The minimum Gasteiger partial charge on any atom is -0.516 e. The highest BCUT2D eigenvalue weighted by molar-refractivity contribution is 5.32. The molecule has 2 unspecified atom stereocenters. The molecular weight excluding hydrogens is 228 g/mol. The molecule has 0 radical (unpaired) electrons. The molecule has 0 spiro atoms. The summed E-state index contributed by atoms with van der Waals surface area (Å²) < 4.78 is 0. The van der Waals surface area contributed by atoms with Gasteiger partial charge in [-0.2, -0.15) is 0 Å². The Kier molecular flexibility index (Phi) is 7.72. The number of aliphatic hydroxyl groups is 1. The Bertz CT molecular complexity index is 269. The Balaban J connectivity index is 0.000000873. The summed E-state index contributed by atoms with van der Waals surface area (Å²) in [5.41, 5.74) is 1.61. The molecule has 1 aliphatic rings. The molecule has 1 fully saturated rings. The Morgan fingerprint density at radius 2 is 1.94 bits per heavy atom. The van der Waals surface area contributed by atoms with E-state index in [1.54, 1.807) is 0 Å². The average molecular weight is 256 g/mol. The Morgan fingerprint density at radius 3 is 2.39 bits per heavy atom. The third kappa shape index (κ3) is 5.56. The maximum atomic E-state index is 8.90. The number of hydrogen-bond acceptors (Lipinski definition) is 2. The van der Waals surface area contributed by atoms with E-state index in [-0.39, 0.29) is 6.47 Å². The number of aliphatic hydroxyl groups excluding tert-OH is 1. The summed E-state index contributed by atoms with van der Waals surface area (Å²) in [6.45, 7) is 8.97. The molecule has 18 heavy (non-hydrogen) atoms. The van der Waals surface area contributed by atoms with Crippen molar-refractivity contribution in [2.75, 3.05) is 0 Å². The zero-order valence-corrected chi connectivity index (χ0v) is 12.1. The SMILES string of the molecule is CC(=CO)CCC1C(C)CCCC1(C)C.O=CO. The molecule has 1 aliphatic carbocycles. The van der Waals surface area contributed by atoms with E-state index in [1.807, 2.05) is 6.92 Å². The molecule has 0 saturated heterocycles. The lowest BCUT2D eigenvalue weighted by Gasteiger charge is -2.43. The first-order valence-corrected chi connectivity index (χ1v) is 6.76. The van der Waals surface area contributed by atoms with Gasteiger partial charge < -0.3 is 10.2 Å². The van der Waals surface area contributed by atoms with E-state index in [9.17, 15) is 0 Å². The van der Waals surface area contributed by atoms with Gasteiger partial charge in [0, 0.05) is 0 Å². The van der Waals surface area contributed by atoms with Gasteiger partial charge in [-0.05, 0) is 49.0 Å². The molecule has 3 heteroatoms. The van der Waals surface area contributed by atoms with Gasteiger partial charge in [0.05, 0.1) is 6.26 Å². The molecule has 2 atom stereocenters. The van der Waals surface area contributed by atoms with Crippen LogP contribution in [-0.4, -0.2) is 16.7 Å². The van der Waals surface area contributed by atoms with Crippen LogP contribution in [0.3, 0.4) is 0 Å². The molecule has 3 nitrogen and oxygen atoms in total. The van der Waals surface area contributed by atoms with E-state index in [2.05, 4.69) is 20.8 Å². The second-order valence-electron chi connectivity index (χ2n) is 6.08. The highest BCUT2D eigenvalue weighted by Crippen LogP contribution is 2.46. The van der Waals surface area contributed by atoms with Crippen molar-refractivity contribution in [2.45, 2.75) is 59.8 Å². The van der Waals surface area contributed by atoms with Crippen LogP contribution in [0.1, 0.15) is 59.8 Å². The van der Waals surface area contributed by atoms with Crippen molar-refractivity contribution in [3.05, 3.63) is 11.8 Å². The molecule has 0 aromatic heterocycles. The van der Waals surface area contributed by atoms with Crippen LogP contribution >= 0.6 is 0 Å². The number of hydrogen-bond donors (Lipinski definition) is 2. The second-order valence-corrected chi connectivity index (χ2v) is 6.08. The molecule has 2 N–H and O–H groups in total. The molecule has 0 heterocycles. The lowest BCUT2D eigenvalue weighted by molar-refractivity contribution is -0.122. The molecule has 106 valence electrons. The highest BCUT2D eigenvalue weighted by atomic mass is 16.3. The maximum absolute atomic E-state index is 8.90. The normalized spacial score (nSPS) is 27.0. The van der Waals surface area contributed by atoms with Gasteiger partial charge in [0.25, 0.3) is 6.47 Å². The lowest BCUT2D eigenvalue weighted by atomic mass is 9.62. The molecule has 1 rings (SSSR count). The first-order valence-electron chi connectivity index (χ1n) is 6.76. The van der Waals surface area contributed by atoms with Gasteiger partial charge in [0.15, 0.2) is 0 Å². The van der Waals surface area contributed by atoms with Crippen molar-refractivity contribution in [2.24, 2.45) is 17.3 Å². The van der Waals surface area contributed by atoms with E-state index in [0.29, 0.717) is 5.41 Å². The van der Waals surface area contributed by atoms with Crippen LogP contribution in [-0.2, 0) is 4.79 Å². The molecule has 0 aromatic carbocycles. The minimum atomic E-state index is -0.250. The van der Waals surface area contributed by atoms with E-state index in [1.165, 1.54) is 31.9 Å². The average Bonchev–Trinajstić information content (AvgIpc) is 2.28. The van der Waals surface area contributed by atoms with Crippen LogP contribution in [0.15, 0.2) is 11.8 Å². The first-order chi connectivity index (χ1) is 8.38. The first kappa shape index (κ1) is 17.0. The molecular formula is C15H28O3. The predicted molar refractivity (Wildman–Crippen MR) is 74.6 cm³/mol. The van der Waals surface area contributed by atoms with E-state index in [4.69, 9.17) is 15.0 Å². The summed E-state index contributed by atoms with van der Waals surface area (Å²) in [5, 5.41) is 15.8. The van der Waals surface area contributed by atoms with Gasteiger partial charge in [-0.15, -0.1) is 0 Å². The fourth-order valence-electron chi connectivity index (χ4n) is 3.16. The summed E-state index contributed by atoms with van der Waals surface area (Å²) in [6, 6.07) is 0. The van der Waals surface area contributed by atoms with Gasteiger partial charge in [0.1, 0.15) is 0 Å². The monoisotopic (exact) mass is 256 g/mol. The van der Waals surface area contributed by atoms with Crippen LogP contribution in [0.2, 0.25) is 0 Å². The van der Waals surface area contributed by atoms with Crippen LogP contribution in [0.25, 0.3) is 0 Å². The summed E-state index contributed by atoms with van der Waals surface area (Å²) in [6.07, 6.45) is 7.69. The van der Waals surface area contributed by atoms with Gasteiger partial charge >= 0.3 is 0 Å². The Hall–Kier alpha value is -0.990. The van der Waals surface area contributed by atoms with Crippen molar-refractivity contribution in [3.8, 4) is 0 Å². The van der Waals surface area contributed by atoms with Gasteiger partial charge in [0.2, 0.25) is 0 Å². The topological polar surface area (TPSA) is 57.5 Å². The van der Waals surface area contributed by atoms with Gasteiger partial charge in [-0.1, -0.05) is 33.6 Å². The van der Waals surface area contributed by atoms with Crippen molar-refractivity contribution in [3.63, 3.8) is 0 Å². The fourth-order valence-corrected chi connectivity index (χ4v) is 3.16. The van der Waals surface area contributed by atoms with E-state index in [0.717, 1.165) is 23.8 Å². The zero-order valence-electron chi connectivity index (χ0n) is 12.1. The third-order valence-corrected chi connectivity index (χ3v) is 4.24. The molecule has 0 amide bonds. The van der Waals surface area contributed by atoms with Crippen LogP contribution in [0.5, 0.6) is 0 Å². The number of carboxylic acid groups (broad SMARTS) is 1. The summed E-state index contributed by atoms with van der Waals surface area (Å²) >= 11 is 0. The third-order valence-electron chi connectivity index (χ3n) is 4.24. The van der Waals surface area contributed by atoms with Crippen LogP contribution in [0, 0.1) is 17.3 Å². The summed E-state index contributed by atoms with van der Waals surface area (Å²) in [7, 11) is 0. The zero-order chi connectivity index (χ0) is 14.2. The predicted octanol–water partition coefficient (Wildman–Crippen LogP) is 4.39. The second kappa shape index (κ2) is 8.17. The number of allylic oxidation sites excluding steroid dienone is 1. The fraction of sp³-hybridized carbons (Fsp3) is 0.800. The molecule has 0 aliphatic heterocycles. The van der Waals surface area contributed by atoms with Crippen molar-refractivity contribution >= 4 is 6.47 Å². The van der Waals surface area contributed by atoms with Crippen LogP contribution in [0.4, 0.5) is 0 Å². The standard InChI is InChI=1S/C14H26O.CH2O2/c1-11(10-15)7-8-13-12(2)6-5-9-14(13,3)4;2-1-3/h10,12-13,15H,5-9H2,1-4H3;1H,(H,2,3). The molecule has 1 saturated carbocycles. The maximum Gasteiger partial charge on any atom is 0.290 e. The highest BCUT2D eigenvalue weighted by Gasteiger charge is 2.36. The van der Waals surface area contributed by atoms with E-state index >= 15 is 0 Å². The van der Waals surface area contributed by atoms with Crippen molar-refractivity contribution in [1.29, 1.82) is 0 Å². The largest absolute Gasteiger partial charge is 0.516 e. The lowest BCUT2D eigenvalue weighted by Crippen LogP contribution is -2.33. The molecule has 0 bridgehead atoms. The smallest absolute Gasteiger partial charge is 0.290 e. The van der Waals surface area contributed by atoms with Gasteiger partial charge in [-0.25, -0.2) is 0 Å². The summed E-state index contributed by atoms with van der Waals surface area (Å²) in [5.74, 6) is 1.67. The van der Waals surface area contributed by atoms with E-state index < -0.39 is 0 Å². The quantitative estimate of drug-likeness (QED) is 0.581. The number of rotatable bonds is 3. The summed E-state index contributed by atoms with van der Waals surface area (Å²) in [4.78, 5) is 8.36. The number of carbonyl (C=O) groups is 1. The Morgan fingerprint density at radius 1 is 1.39 bits per heavy atom. The minimum absolute atomic E-state index is 0.250. The van der Waals surface area contributed by atoms with Gasteiger partial charge in [-0.3, -0.25) is 4.79 Å². The molecule has 0 aromatic rings.